The molecule has 1 aromatic rings. The zero-order valence-electron chi connectivity index (χ0n) is 12.5. The van der Waals surface area contributed by atoms with Crippen LogP contribution in [0.15, 0.2) is 18.2 Å². The molecule has 1 aromatic carbocycles. The highest BCUT2D eigenvalue weighted by molar-refractivity contribution is 5.36. The fourth-order valence-electron chi connectivity index (χ4n) is 2.89. The molecule has 0 aromatic heterocycles. The van der Waals surface area contributed by atoms with Gasteiger partial charge in [0.15, 0.2) is 0 Å². The molecule has 4 heteroatoms. The van der Waals surface area contributed by atoms with Crippen molar-refractivity contribution in [1.29, 1.82) is 0 Å². The molecule has 0 spiro atoms. The standard InChI is InChI=1S/C16H25FN2O/c1-3-4-5-15(19-10-8-18-9-11-19)14-12-13(17)6-7-16(14)20-2/h6-7,12,15,18H,3-5,8-11H2,1-2H3/t15-/m1/s1. The Morgan fingerprint density at radius 3 is 2.75 bits per heavy atom. The van der Waals surface area contributed by atoms with Crippen molar-refractivity contribution in [2.24, 2.45) is 0 Å². The van der Waals surface area contributed by atoms with Crippen molar-refractivity contribution >= 4 is 0 Å². The third kappa shape index (κ3) is 3.70. The molecule has 1 N–H and O–H groups in total. The van der Waals surface area contributed by atoms with Crippen molar-refractivity contribution in [1.82, 2.24) is 10.2 Å². The van der Waals surface area contributed by atoms with Crippen molar-refractivity contribution in [2.75, 3.05) is 33.3 Å². The summed E-state index contributed by atoms with van der Waals surface area (Å²) < 4.78 is 19.1. The first kappa shape index (κ1) is 15.3. The highest BCUT2D eigenvalue weighted by Gasteiger charge is 2.24. The average molecular weight is 280 g/mol. The van der Waals surface area contributed by atoms with Gasteiger partial charge in [0.1, 0.15) is 11.6 Å². The molecule has 1 fully saturated rings. The van der Waals surface area contributed by atoms with Crippen LogP contribution in [0.4, 0.5) is 4.39 Å². The number of unbranched alkanes of at least 4 members (excludes halogenated alkanes) is 1. The summed E-state index contributed by atoms with van der Waals surface area (Å²) in [5.74, 6) is 0.614. The Morgan fingerprint density at radius 2 is 2.10 bits per heavy atom. The minimum Gasteiger partial charge on any atom is -0.496 e. The molecule has 2 rings (SSSR count). The van der Waals surface area contributed by atoms with E-state index in [1.54, 1.807) is 19.2 Å². The van der Waals surface area contributed by atoms with E-state index in [0.29, 0.717) is 0 Å². The van der Waals surface area contributed by atoms with Crippen LogP contribution < -0.4 is 10.1 Å². The minimum absolute atomic E-state index is 0.183. The molecule has 0 amide bonds. The lowest BCUT2D eigenvalue weighted by atomic mass is 9.97. The molecule has 0 radical (unpaired) electrons. The van der Waals surface area contributed by atoms with Gasteiger partial charge in [-0.25, -0.2) is 4.39 Å². The van der Waals surface area contributed by atoms with Crippen molar-refractivity contribution in [3.63, 3.8) is 0 Å². The summed E-state index contributed by atoms with van der Waals surface area (Å²) >= 11 is 0. The smallest absolute Gasteiger partial charge is 0.123 e. The Bertz CT molecular complexity index is 419. The van der Waals surface area contributed by atoms with Crippen LogP contribution in [-0.4, -0.2) is 38.2 Å². The Labute approximate surface area is 121 Å². The van der Waals surface area contributed by atoms with Crippen LogP contribution in [-0.2, 0) is 0 Å². The fraction of sp³-hybridized carbons (Fsp3) is 0.625. The highest BCUT2D eigenvalue weighted by atomic mass is 19.1. The normalized spacial score (nSPS) is 17.9. The van der Waals surface area contributed by atoms with Crippen LogP contribution in [0.2, 0.25) is 0 Å². The molecule has 1 heterocycles. The van der Waals surface area contributed by atoms with Crippen molar-refractivity contribution in [3.8, 4) is 5.75 Å². The maximum atomic E-state index is 13.6. The number of methoxy groups -OCH3 is 1. The topological polar surface area (TPSA) is 24.5 Å². The maximum absolute atomic E-state index is 13.6. The molecule has 1 atom stereocenters. The van der Waals surface area contributed by atoms with E-state index in [9.17, 15) is 4.39 Å². The van der Waals surface area contributed by atoms with Crippen LogP contribution in [0, 0.1) is 5.82 Å². The second-order valence-electron chi connectivity index (χ2n) is 5.33. The lowest BCUT2D eigenvalue weighted by molar-refractivity contribution is 0.160. The maximum Gasteiger partial charge on any atom is 0.123 e. The first-order valence-corrected chi connectivity index (χ1v) is 7.54. The van der Waals surface area contributed by atoms with Gasteiger partial charge in [0.25, 0.3) is 0 Å². The number of hydrogen-bond donors (Lipinski definition) is 1. The van der Waals surface area contributed by atoms with Gasteiger partial charge in [0.05, 0.1) is 7.11 Å². The molecular weight excluding hydrogens is 255 g/mol. The van der Waals surface area contributed by atoms with Gasteiger partial charge >= 0.3 is 0 Å². The van der Waals surface area contributed by atoms with Gasteiger partial charge in [0.2, 0.25) is 0 Å². The predicted octanol–water partition coefficient (Wildman–Crippen LogP) is 2.97. The molecule has 0 aliphatic carbocycles. The number of benzene rings is 1. The van der Waals surface area contributed by atoms with E-state index in [-0.39, 0.29) is 11.9 Å². The molecular formula is C16H25FN2O. The fourth-order valence-corrected chi connectivity index (χ4v) is 2.89. The number of hydrogen-bond acceptors (Lipinski definition) is 3. The zero-order valence-corrected chi connectivity index (χ0v) is 12.5. The van der Waals surface area contributed by atoms with Crippen molar-refractivity contribution in [2.45, 2.75) is 32.2 Å². The summed E-state index contributed by atoms with van der Waals surface area (Å²) in [5.41, 5.74) is 0.989. The second kappa shape index (κ2) is 7.60. The van der Waals surface area contributed by atoms with Gasteiger partial charge in [-0.3, -0.25) is 4.90 Å². The van der Waals surface area contributed by atoms with Crippen LogP contribution in [0.5, 0.6) is 5.75 Å². The van der Waals surface area contributed by atoms with Gasteiger partial charge in [-0.1, -0.05) is 19.8 Å². The lowest BCUT2D eigenvalue weighted by Crippen LogP contribution is -2.45. The number of halogens is 1. The number of piperazine rings is 1. The SMILES string of the molecule is CCCC[C@H](c1cc(F)ccc1OC)N1CCNCC1. The zero-order chi connectivity index (χ0) is 14.4. The molecule has 3 nitrogen and oxygen atoms in total. The second-order valence-corrected chi connectivity index (χ2v) is 5.33. The molecule has 1 aliphatic rings. The molecule has 20 heavy (non-hydrogen) atoms. The molecule has 1 aliphatic heterocycles. The summed E-state index contributed by atoms with van der Waals surface area (Å²) in [7, 11) is 1.66. The number of ether oxygens (including phenoxy) is 1. The van der Waals surface area contributed by atoms with E-state index < -0.39 is 0 Å². The average Bonchev–Trinajstić information content (AvgIpc) is 2.49. The number of nitrogens with one attached hydrogen (secondary N) is 1. The van der Waals surface area contributed by atoms with Crippen molar-refractivity contribution in [3.05, 3.63) is 29.6 Å². The number of nitrogens with zero attached hydrogens (tertiary/aromatic N) is 1. The Kier molecular flexibility index (Phi) is 5.80. The lowest BCUT2D eigenvalue weighted by Gasteiger charge is -2.36. The van der Waals surface area contributed by atoms with Crippen LogP contribution in [0.3, 0.4) is 0 Å². The molecule has 0 unspecified atom stereocenters. The van der Waals surface area contributed by atoms with Crippen LogP contribution in [0.1, 0.15) is 37.8 Å². The van der Waals surface area contributed by atoms with Crippen LogP contribution >= 0.6 is 0 Å². The molecule has 112 valence electrons. The highest BCUT2D eigenvalue weighted by Crippen LogP contribution is 2.33. The first-order chi connectivity index (χ1) is 9.76. The molecule has 1 saturated heterocycles. The third-order valence-corrected chi connectivity index (χ3v) is 3.97. The Morgan fingerprint density at radius 1 is 1.35 bits per heavy atom. The van der Waals surface area contributed by atoms with Gasteiger partial charge < -0.3 is 10.1 Å². The molecule has 0 bridgehead atoms. The van der Waals surface area contributed by atoms with E-state index >= 15 is 0 Å². The summed E-state index contributed by atoms with van der Waals surface area (Å²) in [6.45, 7) is 6.21. The third-order valence-electron chi connectivity index (χ3n) is 3.97. The van der Waals surface area contributed by atoms with Crippen molar-refractivity contribution < 1.29 is 9.13 Å². The van der Waals surface area contributed by atoms with Gasteiger partial charge in [-0.15, -0.1) is 0 Å². The predicted molar refractivity (Wildman–Crippen MR) is 79.7 cm³/mol. The van der Waals surface area contributed by atoms with E-state index in [0.717, 1.165) is 56.8 Å². The minimum atomic E-state index is -0.183. The van der Waals surface area contributed by atoms with Crippen LogP contribution in [0.25, 0.3) is 0 Å². The summed E-state index contributed by atoms with van der Waals surface area (Å²) in [6, 6.07) is 5.10. The molecule has 0 saturated carbocycles. The van der Waals surface area contributed by atoms with E-state index in [2.05, 4.69) is 17.1 Å². The van der Waals surface area contributed by atoms with E-state index in [1.165, 1.54) is 6.07 Å². The first-order valence-electron chi connectivity index (χ1n) is 7.54. The van der Waals surface area contributed by atoms with E-state index in [4.69, 9.17) is 4.74 Å². The Hall–Kier alpha value is -1.13. The summed E-state index contributed by atoms with van der Waals surface area (Å²) in [6.07, 6.45) is 3.35. The largest absolute Gasteiger partial charge is 0.496 e. The summed E-state index contributed by atoms with van der Waals surface area (Å²) in [5, 5.41) is 3.37. The van der Waals surface area contributed by atoms with Gasteiger partial charge in [0, 0.05) is 37.8 Å². The van der Waals surface area contributed by atoms with E-state index in [1.807, 2.05) is 0 Å². The monoisotopic (exact) mass is 280 g/mol. The van der Waals surface area contributed by atoms with Gasteiger partial charge in [-0.2, -0.15) is 0 Å². The van der Waals surface area contributed by atoms with Gasteiger partial charge in [-0.05, 0) is 24.6 Å². The number of rotatable bonds is 6. The Balaban J connectivity index is 2.26. The summed E-state index contributed by atoms with van der Waals surface area (Å²) in [4.78, 5) is 2.45. The quantitative estimate of drug-likeness (QED) is 0.867.